The fraction of sp³-hybridized carbons (Fsp3) is 0. The first kappa shape index (κ1) is 15.0. The molecular weight excluding hydrogens is 317 g/mol. The highest BCUT2D eigenvalue weighted by Gasteiger charge is 2.35. The van der Waals surface area contributed by atoms with Crippen molar-refractivity contribution in [2.75, 3.05) is 4.90 Å². The lowest BCUT2D eigenvalue weighted by Crippen LogP contribution is -2.54. The van der Waals surface area contributed by atoms with Crippen molar-refractivity contribution in [1.29, 1.82) is 0 Å². The molecule has 2 heterocycles. The Balaban J connectivity index is 2.05. The van der Waals surface area contributed by atoms with E-state index in [1.165, 1.54) is 36.7 Å². The number of aromatic nitrogens is 1. The molecule has 7 heteroatoms. The maximum absolute atomic E-state index is 14.0. The zero-order valence-corrected chi connectivity index (χ0v) is 12.5. The molecule has 23 heavy (non-hydrogen) atoms. The van der Waals surface area contributed by atoms with Crippen molar-refractivity contribution in [1.82, 2.24) is 10.3 Å². The van der Waals surface area contributed by atoms with Gasteiger partial charge in [0.05, 0.1) is 5.69 Å². The maximum atomic E-state index is 14.0. The van der Waals surface area contributed by atoms with Crippen molar-refractivity contribution in [2.24, 2.45) is 0 Å². The molecule has 3 rings (SSSR count). The quantitative estimate of drug-likeness (QED) is 0.521. The fourth-order valence-electron chi connectivity index (χ4n) is 2.14. The Bertz CT molecular complexity index is 836. The Morgan fingerprint density at radius 3 is 2.52 bits per heavy atom. The normalized spacial score (nSPS) is 16.7. The van der Waals surface area contributed by atoms with Crippen molar-refractivity contribution < 1.29 is 14.0 Å². The van der Waals surface area contributed by atoms with Crippen LogP contribution in [0.2, 0.25) is 0 Å². The summed E-state index contributed by atoms with van der Waals surface area (Å²) in [4.78, 5) is 29.5. The number of carbonyl (C=O) groups excluding carboxylic acids is 2. The monoisotopic (exact) mass is 327 g/mol. The maximum Gasteiger partial charge on any atom is 0.270 e. The molecule has 1 N–H and O–H groups in total. The molecule has 5 nitrogen and oxygen atoms in total. The summed E-state index contributed by atoms with van der Waals surface area (Å²) in [6, 6.07) is 9.01. The van der Waals surface area contributed by atoms with E-state index in [2.05, 4.69) is 10.3 Å². The van der Waals surface area contributed by atoms with Crippen LogP contribution in [0.25, 0.3) is 6.08 Å². The number of anilines is 1. The lowest BCUT2D eigenvalue weighted by atomic mass is 10.1. The molecule has 2 aromatic rings. The molecule has 1 aliphatic heterocycles. The van der Waals surface area contributed by atoms with Crippen LogP contribution in [0.15, 0.2) is 54.4 Å². The highest BCUT2D eigenvalue weighted by atomic mass is 32.1. The lowest BCUT2D eigenvalue weighted by molar-refractivity contribution is -0.122. The van der Waals surface area contributed by atoms with E-state index in [-0.39, 0.29) is 16.4 Å². The molecule has 1 aromatic heterocycles. The number of rotatable bonds is 2. The molecule has 1 aliphatic rings. The number of pyridine rings is 1. The van der Waals surface area contributed by atoms with Crippen LogP contribution in [0, 0.1) is 5.82 Å². The summed E-state index contributed by atoms with van der Waals surface area (Å²) in [5.41, 5.74) is 0.482. The number of carbonyl (C=O) groups is 2. The van der Waals surface area contributed by atoms with Gasteiger partial charge in [0.25, 0.3) is 11.8 Å². The molecule has 0 unspecified atom stereocenters. The zero-order chi connectivity index (χ0) is 16.4. The fourth-order valence-corrected chi connectivity index (χ4v) is 2.41. The van der Waals surface area contributed by atoms with Crippen LogP contribution < -0.4 is 10.2 Å². The van der Waals surface area contributed by atoms with Gasteiger partial charge in [-0.1, -0.05) is 12.1 Å². The summed E-state index contributed by atoms with van der Waals surface area (Å²) in [5.74, 6) is -1.91. The van der Waals surface area contributed by atoms with Crippen LogP contribution in [-0.2, 0) is 9.59 Å². The molecule has 0 spiro atoms. The van der Waals surface area contributed by atoms with Crippen molar-refractivity contribution in [2.45, 2.75) is 0 Å². The van der Waals surface area contributed by atoms with Gasteiger partial charge < -0.3 is 0 Å². The second-order valence-electron chi connectivity index (χ2n) is 4.69. The number of nitrogens with zero attached hydrogens (tertiary/aromatic N) is 2. The Morgan fingerprint density at radius 1 is 1.13 bits per heavy atom. The average molecular weight is 327 g/mol. The summed E-state index contributed by atoms with van der Waals surface area (Å²) < 4.78 is 14.0. The molecule has 1 saturated heterocycles. The Kier molecular flexibility index (Phi) is 3.94. The molecule has 114 valence electrons. The third kappa shape index (κ3) is 2.86. The summed E-state index contributed by atoms with van der Waals surface area (Å²) in [6.07, 6.45) is 4.49. The van der Waals surface area contributed by atoms with E-state index in [1.807, 2.05) is 0 Å². The molecule has 0 bridgehead atoms. The predicted octanol–water partition coefficient (Wildman–Crippen LogP) is 2.05. The summed E-state index contributed by atoms with van der Waals surface area (Å²) in [6.45, 7) is 0. The Morgan fingerprint density at radius 2 is 1.83 bits per heavy atom. The molecule has 0 aliphatic carbocycles. The predicted molar refractivity (Wildman–Crippen MR) is 86.8 cm³/mol. The van der Waals surface area contributed by atoms with E-state index in [0.717, 1.165) is 4.90 Å². The third-order valence-corrected chi connectivity index (χ3v) is 3.50. The van der Waals surface area contributed by atoms with Gasteiger partial charge in [-0.2, -0.15) is 0 Å². The standard InChI is InChI=1S/C16H10FN3O2S/c17-12-3-1-2-4-13(12)20-15(22)11(14(21)19-16(20)23)9-10-5-7-18-8-6-10/h1-9H,(H,19,21,23)/b11-9+. The first-order valence-corrected chi connectivity index (χ1v) is 7.05. The van der Waals surface area contributed by atoms with Gasteiger partial charge in [-0.15, -0.1) is 0 Å². The third-order valence-electron chi connectivity index (χ3n) is 3.21. The van der Waals surface area contributed by atoms with E-state index in [4.69, 9.17) is 12.2 Å². The second kappa shape index (κ2) is 6.05. The van der Waals surface area contributed by atoms with Crippen LogP contribution in [0.3, 0.4) is 0 Å². The minimum Gasteiger partial charge on any atom is -0.298 e. The van der Waals surface area contributed by atoms with Crippen LogP contribution in [-0.4, -0.2) is 21.9 Å². The van der Waals surface area contributed by atoms with Crippen LogP contribution in [0.1, 0.15) is 5.56 Å². The van der Waals surface area contributed by atoms with E-state index < -0.39 is 17.6 Å². The summed E-state index contributed by atoms with van der Waals surface area (Å²) >= 11 is 5.01. The SMILES string of the molecule is O=C1NC(=S)N(c2ccccc2F)C(=O)/C1=C/c1ccncc1. The van der Waals surface area contributed by atoms with Gasteiger partial charge in [0.2, 0.25) is 0 Å². The number of amides is 2. The van der Waals surface area contributed by atoms with Gasteiger partial charge in [-0.25, -0.2) is 9.29 Å². The van der Waals surface area contributed by atoms with Crippen LogP contribution in [0.4, 0.5) is 10.1 Å². The second-order valence-corrected chi connectivity index (χ2v) is 5.08. The van der Waals surface area contributed by atoms with Crippen LogP contribution in [0.5, 0.6) is 0 Å². The largest absolute Gasteiger partial charge is 0.298 e. The van der Waals surface area contributed by atoms with Crippen molar-refractivity contribution in [3.8, 4) is 0 Å². The van der Waals surface area contributed by atoms with Gasteiger partial charge in [0, 0.05) is 12.4 Å². The number of para-hydroxylation sites is 1. The molecule has 1 aromatic carbocycles. The smallest absolute Gasteiger partial charge is 0.270 e. The molecule has 2 amide bonds. The van der Waals surface area contributed by atoms with Crippen LogP contribution >= 0.6 is 12.2 Å². The number of hydrogen-bond donors (Lipinski definition) is 1. The number of nitrogens with one attached hydrogen (secondary N) is 1. The van der Waals surface area contributed by atoms with Gasteiger partial charge in [-0.05, 0) is 48.1 Å². The van der Waals surface area contributed by atoms with Gasteiger partial charge >= 0.3 is 0 Å². The van der Waals surface area contributed by atoms with Gasteiger partial charge in [-0.3, -0.25) is 19.9 Å². The minimum absolute atomic E-state index is 0.0110. The molecule has 0 radical (unpaired) electrons. The highest BCUT2D eigenvalue weighted by molar-refractivity contribution is 7.80. The van der Waals surface area contributed by atoms with E-state index in [9.17, 15) is 14.0 Å². The van der Waals surface area contributed by atoms with Crippen molar-refractivity contribution in [3.63, 3.8) is 0 Å². The van der Waals surface area contributed by atoms with E-state index >= 15 is 0 Å². The molecular formula is C16H10FN3O2S. The van der Waals surface area contributed by atoms with Gasteiger partial charge in [0.15, 0.2) is 5.11 Å². The number of thiocarbonyl (C=S) groups is 1. The van der Waals surface area contributed by atoms with Crippen molar-refractivity contribution >= 4 is 40.9 Å². The number of halogens is 1. The number of hydrogen-bond acceptors (Lipinski definition) is 4. The highest BCUT2D eigenvalue weighted by Crippen LogP contribution is 2.24. The first-order valence-electron chi connectivity index (χ1n) is 6.64. The topological polar surface area (TPSA) is 62.3 Å². The Hall–Kier alpha value is -2.93. The molecule has 0 saturated carbocycles. The van der Waals surface area contributed by atoms with Gasteiger partial charge in [0.1, 0.15) is 11.4 Å². The molecule has 1 fully saturated rings. The van der Waals surface area contributed by atoms with Crippen molar-refractivity contribution in [3.05, 3.63) is 65.7 Å². The molecule has 0 atom stereocenters. The van der Waals surface area contributed by atoms with E-state index in [0.29, 0.717) is 5.56 Å². The first-order chi connectivity index (χ1) is 11.1. The summed E-state index contributed by atoms with van der Waals surface area (Å²) in [5, 5.41) is 2.25. The zero-order valence-electron chi connectivity index (χ0n) is 11.7. The minimum atomic E-state index is -0.680. The summed E-state index contributed by atoms with van der Waals surface area (Å²) in [7, 11) is 0. The number of benzene rings is 1. The Labute approximate surface area is 136 Å². The lowest BCUT2D eigenvalue weighted by Gasteiger charge is -2.29. The van der Waals surface area contributed by atoms with E-state index in [1.54, 1.807) is 18.2 Å². The average Bonchev–Trinajstić information content (AvgIpc) is 2.54.